The lowest BCUT2D eigenvalue weighted by atomic mass is 10.0. The van der Waals surface area contributed by atoms with Crippen LogP contribution in [0.1, 0.15) is 78.7 Å². The lowest BCUT2D eigenvalue weighted by Gasteiger charge is -2.08. The van der Waals surface area contributed by atoms with E-state index in [4.69, 9.17) is 4.99 Å². The van der Waals surface area contributed by atoms with Gasteiger partial charge >= 0.3 is 0 Å². The topological polar surface area (TPSA) is 12.4 Å². The van der Waals surface area contributed by atoms with E-state index in [0.717, 1.165) is 34.7 Å². The molecule has 1 nitrogen and oxygen atoms in total. The van der Waals surface area contributed by atoms with Crippen molar-refractivity contribution in [2.24, 2.45) is 10.9 Å². The predicted octanol–water partition coefficient (Wildman–Crippen LogP) is 8.23. The molecule has 0 atom stereocenters. The van der Waals surface area contributed by atoms with Crippen molar-refractivity contribution in [2.75, 3.05) is 0 Å². The minimum atomic E-state index is 0.694. The first-order valence-corrected chi connectivity index (χ1v) is 9.62. The van der Waals surface area contributed by atoms with Gasteiger partial charge in [0.25, 0.3) is 0 Å². The van der Waals surface area contributed by atoms with Crippen molar-refractivity contribution in [1.29, 1.82) is 0 Å². The Kier molecular flexibility index (Phi) is 13.9. The van der Waals surface area contributed by atoms with Crippen LogP contribution >= 0.6 is 11.3 Å². The number of nitrogens with zero attached hydrogens (tertiary/aromatic N) is 1. The Morgan fingerprint density at radius 3 is 2.00 bits per heavy atom. The molecule has 0 aliphatic rings. The molecular weight excluding hydrogens is 298 g/mol. The zero-order chi connectivity index (χ0) is 18.6. The van der Waals surface area contributed by atoms with Crippen molar-refractivity contribution >= 4 is 27.6 Å². The molecule has 0 fully saturated rings. The molecule has 0 N–H and O–H groups in total. The van der Waals surface area contributed by atoms with Gasteiger partial charge in [-0.3, -0.25) is 0 Å². The number of allylic oxidation sites excluding steroid dienone is 2. The van der Waals surface area contributed by atoms with Gasteiger partial charge in [0, 0.05) is 10.6 Å². The molecule has 1 aromatic rings. The Morgan fingerprint density at radius 1 is 1.13 bits per heavy atom. The Labute approximate surface area is 149 Å². The second kappa shape index (κ2) is 13.3. The molecule has 0 bridgehead atoms. The number of hydrogen-bond acceptors (Lipinski definition) is 2. The molecule has 0 aromatic carbocycles. The van der Waals surface area contributed by atoms with Crippen LogP contribution in [0.3, 0.4) is 0 Å². The average Bonchev–Trinajstić information content (AvgIpc) is 2.88. The van der Waals surface area contributed by atoms with E-state index in [1.54, 1.807) is 11.3 Å². The minimum Gasteiger partial charge on any atom is -0.242 e. The summed E-state index contributed by atoms with van der Waals surface area (Å²) in [5.41, 5.74) is 4.54. The number of thiophene rings is 1. The molecular formula is C21H37NS. The molecule has 0 radical (unpaired) electrons. The quantitative estimate of drug-likeness (QED) is 0.464. The van der Waals surface area contributed by atoms with E-state index in [-0.39, 0.29) is 0 Å². The molecule has 0 amide bonds. The molecule has 2 heteroatoms. The zero-order valence-corrected chi connectivity index (χ0v) is 17.7. The normalized spacial score (nSPS) is 10.4. The summed E-state index contributed by atoms with van der Waals surface area (Å²) in [4.78, 5) is 6.05. The lowest BCUT2D eigenvalue weighted by Crippen LogP contribution is -2.01. The number of hydrogen-bond donors (Lipinski definition) is 0. The summed E-state index contributed by atoms with van der Waals surface area (Å²) in [7, 11) is 0. The van der Waals surface area contributed by atoms with Crippen molar-refractivity contribution in [2.45, 2.75) is 75.2 Å². The maximum absolute atomic E-state index is 4.83. The molecule has 23 heavy (non-hydrogen) atoms. The largest absolute Gasteiger partial charge is 0.242 e. The van der Waals surface area contributed by atoms with Crippen molar-refractivity contribution in [3.05, 3.63) is 35.2 Å². The lowest BCUT2D eigenvalue weighted by molar-refractivity contribution is 0.603. The average molecular weight is 336 g/mol. The van der Waals surface area contributed by atoms with Crippen LogP contribution in [-0.4, -0.2) is 5.71 Å². The zero-order valence-electron chi connectivity index (χ0n) is 16.8. The van der Waals surface area contributed by atoms with Crippen LogP contribution in [-0.2, 0) is 0 Å². The maximum Gasteiger partial charge on any atom is 0.119 e. The van der Waals surface area contributed by atoms with E-state index in [2.05, 4.69) is 40.0 Å². The molecule has 0 aliphatic carbocycles. The maximum atomic E-state index is 4.83. The summed E-state index contributed by atoms with van der Waals surface area (Å²) in [6.07, 6.45) is 2.16. The monoisotopic (exact) mass is 335 g/mol. The predicted molar refractivity (Wildman–Crippen MR) is 112 cm³/mol. The third-order valence-electron chi connectivity index (χ3n) is 3.00. The third kappa shape index (κ3) is 9.55. The van der Waals surface area contributed by atoms with E-state index in [0.29, 0.717) is 5.92 Å². The van der Waals surface area contributed by atoms with Crippen LogP contribution < -0.4 is 0 Å². The van der Waals surface area contributed by atoms with Gasteiger partial charge in [-0.25, -0.2) is 4.99 Å². The van der Waals surface area contributed by atoms with Gasteiger partial charge < -0.3 is 0 Å². The van der Waals surface area contributed by atoms with Gasteiger partial charge in [0.2, 0.25) is 0 Å². The highest BCUT2D eigenvalue weighted by atomic mass is 32.1. The molecule has 0 aliphatic heterocycles. The van der Waals surface area contributed by atoms with Gasteiger partial charge in [0.1, 0.15) is 5.00 Å². The van der Waals surface area contributed by atoms with Crippen molar-refractivity contribution in [3.63, 3.8) is 0 Å². The Hall–Kier alpha value is -1.15. The second-order valence-corrected chi connectivity index (χ2v) is 6.68. The molecule has 0 saturated heterocycles. The first-order valence-electron chi connectivity index (χ1n) is 8.81. The second-order valence-electron chi connectivity index (χ2n) is 5.65. The van der Waals surface area contributed by atoms with Crippen LogP contribution in [0.5, 0.6) is 0 Å². The van der Waals surface area contributed by atoms with Crippen LogP contribution in [0.2, 0.25) is 0 Å². The number of aryl methyl sites for hydroxylation is 1. The number of rotatable bonds is 6. The van der Waals surface area contributed by atoms with E-state index in [1.807, 2.05) is 41.5 Å². The van der Waals surface area contributed by atoms with Crippen molar-refractivity contribution < 1.29 is 0 Å². The van der Waals surface area contributed by atoms with Gasteiger partial charge in [-0.2, -0.15) is 0 Å². The summed E-state index contributed by atoms with van der Waals surface area (Å²) < 4.78 is 0. The summed E-state index contributed by atoms with van der Waals surface area (Å²) in [6.45, 7) is 26.7. The van der Waals surface area contributed by atoms with E-state index >= 15 is 0 Å². The van der Waals surface area contributed by atoms with Gasteiger partial charge in [-0.15, -0.1) is 11.3 Å². The molecule has 0 spiro atoms. The first kappa shape index (κ1) is 24.1. The van der Waals surface area contributed by atoms with Crippen LogP contribution in [0.15, 0.2) is 29.8 Å². The molecule has 1 rings (SSSR count). The molecule has 1 heterocycles. The smallest absolute Gasteiger partial charge is 0.119 e. The Bertz CT molecular complexity index is 504. The van der Waals surface area contributed by atoms with Crippen molar-refractivity contribution in [1.82, 2.24) is 0 Å². The molecule has 0 unspecified atom stereocenters. The SMILES string of the molecule is C=C(C)/C(CCC(C)C)=N\c1sc(C(=C)C)cc1C.CC.CC. The Morgan fingerprint density at radius 2 is 1.65 bits per heavy atom. The van der Waals surface area contributed by atoms with E-state index in [9.17, 15) is 0 Å². The summed E-state index contributed by atoms with van der Waals surface area (Å²) in [5, 5.41) is 1.10. The standard InChI is InChI=1S/C17H25NS.2C2H6/c1-11(2)8-9-15(12(3)4)18-17-14(7)10-16(19-17)13(5)6;2*1-2/h10-11H,3,5,8-9H2,1-2,4,6-7H3;2*1-2H3/b18-15-;;. The van der Waals surface area contributed by atoms with Crippen LogP contribution in [0.4, 0.5) is 5.00 Å². The van der Waals surface area contributed by atoms with E-state index in [1.165, 1.54) is 10.4 Å². The third-order valence-corrected chi connectivity index (χ3v) is 4.29. The van der Waals surface area contributed by atoms with E-state index < -0.39 is 0 Å². The van der Waals surface area contributed by atoms with Crippen LogP contribution in [0.25, 0.3) is 5.57 Å². The Balaban J connectivity index is 0. The number of aliphatic imine (C=N–C) groups is 1. The summed E-state index contributed by atoms with van der Waals surface area (Å²) in [5.74, 6) is 0.694. The molecule has 132 valence electrons. The fourth-order valence-electron chi connectivity index (χ4n) is 1.71. The summed E-state index contributed by atoms with van der Waals surface area (Å²) in [6, 6.07) is 2.17. The first-order chi connectivity index (χ1) is 10.8. The van der Waals surface area contributed by atoms with Crippen molar-refractivity contribution in [3.8, 4) is 0 Å². The summed E-state index contributed by atoms with van der Waals surface area (Å²) >= 11 is 1.72. The van der Waals surface area contributed by atoms with Gasteiger partial charge in [-0.1, -0.05) is 54.7 Å². The van der Waals surface area contributed by atoms with Gasteiger partial charge in [0.05, 0.1) is 0 Å². The fraction of sp³-hybridized carbons (Fsp3) is 0.571. The highest BCUT2D eigenvalue weighted by molar-refractivity contribution is 7.17. The fourth-order valence-corrected chi connectivity index (χ4v) is 2.70. The van der Waals surface area contributed by atoms with Crippen LogP contribution in [0, 0.1) is 12.8 Å². The molecule has 1 aromatic heterocycles. The van der Waals surface area contributed by atoms with Gasteiger partial charge in [-0.05, 0) is 62.3 Å². The highest BCUT2D eigenvalue weighted by Crippen LogP contribution is 2.34. The molecule has 0 saturated carbocycles. The highest BCUT2D eigenvalue weighted by Gasteiger charge is 2.08. The van der Waals surface area contributed by atoms with Gasteiger partial charge in [0.15, 0.2) is 0 Å². The minimum absolute atomic E-state index is 0.694.